The fraction of sp³-hybridized carbons (Fsp3) is 0.643. The Labute approximate surface area is 113 Å². The van der Waals surface area contributed by atoms with Crippen molar-refractivity contribution in [2.24, 2.45) is 0 Å². The number of rotatable bonds is 3. The van der Waals surface area contributed by atoms with Crippen LogP contribution >= 0.6 is 11.3 Å². The van der Waals surface area contributed by atoms with Crippen LogP contribution in [0.3, 0.4) is 0 Å². The fourth-order valence-corrected chi connectivity index (χ4v) is 3.20. The molecule has 0 unspecified atom stereocenters. The summed E-state index contributed by atoms with van der Waals surface area (Å²) >= 11 is 1.64. The van der Waals surface area contributed by atoms with E-state index in [4.69, 9.17) is 0 Å². The first kappa shape index (κ1) is 13.6. The summed E-state index contributed by atoms with van der Waals surface area (Å²) in [5.41, 5.74) is 0. The standard InChI is InChI=1S/C14H22N2OS/c1-4-12-5-6-13(18-12)14(17)16-9-7-15(8-10-16)11(2)3/h5-6,11H,4,7-10H2,1-3H3. The van der Waals surface area contributed by atoms with Crippen molar-refractivity contribution in [2.75, 3.05) is 26.2 Å². The molecule has 3 nitrogen and oxygen atoms in total. The van der Waals surface area contributed by atoms with E-state index in [1.165, 1.54) is 4.88 Å². The van der Waals surface area contributed by atoms with Crippen LogP contribution in [0.1, 0.15) is 35.3 Å². The zero-order valence-corrected chi connectivity index (χ0v) is 12.3. The molecule has 0 aliphatic carbocycles. The maximum atomic E-state index is 12.3. The molecule has 1 aliphatic rings. The predicted octanol–water partition coefficient (Wildman–Crippen LogP) is 2.48. The van der Waals surface area contributed by atoms with Crippen molar-refractivity contribution in [3.8, 4) is 0 Å². The molecule has 1 amide bonds. The van der Waals surface area contributed by atoms with Crippen LogP contribution in [0, 0.1) is 0 Å². The Morgan fingerprint density at radius 2 is 1.94 bits per heavy atom. The van der Waals surface area contributed by atoms with Crippen LogP contribution in [0.2, 0.25) is 0 Å². The van der Waals surface area contributed by atoms with Crippen molar-refractivity contribution >= 4 is 17.2 Å². The summed E-state index contributed by atoms with van der Waals surface area (Å²) in [5, 5.41) is 0. The van der Waals surface area contributed by atoms with Gasteiger partial charge in [-0.3, -0.25) is 9.69 Å². The van der Waals surface area contributed by atoms with Gasteiger partial charge in [-0.15, -0.1) is 11.3 Å². The average Bonchev–Trinajstić information content (AvgIpc) is 2.86. The summed E-state index contributed by atoms with van der Waals surface area (Å²) in [6.45, 7) is 10.3. The Balaban J connectivity index is 1.95. The molecular formula is C14H22N2OS. The molecule has 1 saturated heterocycles. The van der Waals surface area contributed by atoms with Gasteiger partial charge in [0.2, 0.25) is 0 Å². The molecule has 1 aromatic rings. The van der Waals surface area contributed by atoms with Crippen LogP contribution in [0.25, 0.3) is 0 Å². The smallest absolute Gasteiger partial charge is 0.264 e. The number of nitrogens with zero attached hydrogens (tertiary/aromatic N) is 2. The topological polar surface area (TPSA) is 23.6 Å². The van der Waals surface area contributed by atoms with Gasteiger partial charge in [-0.05, 0) is 32.4 Å². The SMILES string of the molecule is CCc1ccc(C(=O)N2CCN(C(C)C)CC2)s1. The first-order chi connectivity index (χ1) is 8.61. The van der Waals surface area contributed by atoms with E-state index >= 15 is 0 Å². The minimum atomic E-state index is 0.211. The summed E-state index contributed by atoms with van der Waals surface area (Å²) in [4.78, 5) is 18.9. The zero-order chi connectivity index (χ0) is 13.1. The van der Waals surface area contributed by atoms with Gasteiger partial charge in [0.1, 0.15) is 0 Å². The second kappa shape index (κ2) is 5.85. The maximum absolute atomic E-state index is 12.3. The van der Waals surface area contributed by atoms with Crippen LogP contribution in [-0.2, 0) is 6.42 Å². The molecule has 1 fully saturated rings. The number of hydrogen-bond acceptors (Lipinski definition) is 3. The van der Waals surface area contributed by atoms with E-state index in [-0.39, 0.29) is 5.91 Å². The highest BCUT2D eigenvalue weighted by Crippen LogP contribution is 2.19. The van der Waals surface area contributed by atoms with Gasteiger partial charge in [-0.2, -0.15) is 0 Å². The molecule has 0 aromatic carbocycles. The van der Waals surface area contributed by atoms with Gasteiger partial charge in [0, 0.05) is 37.1 Å². The van der Waals surface area contributed by atoms with Crippen LogP contribution in [0.5, 0.6) is 0 Å². The monoisotopic (exact) mass is 266 g/mol. The third-order valence-electron chi connectivity index (χ3n) is 3.55. The zero-order valence-electron chi connectivity index (χ0n) is 11.5. The van der Waals surface area contributed by atoms with Crippen LogP contribution in [0.4, 0.5) is 0 Å². The minimum Gasteiger partial charge on any atom is -0.335 e. The number of carbonyl (C=O) groups excluding carboxylic acids is 1. The van der Waals surface area contributed by atoms with E-state index in [2.05, 4.69) is 31.7 Å². The summed E-state index contributed by atoms with van der Waals surface area (Å²) in [5.74, 6) is 0.211. The Morgan fingerprint density at radius 1 is 1.28 bits per heavy atom. The van der Waals surface area contributed by atoms with E-state index < -0.39 is 0 Å². The molecule has 0 N–H and O–H groups in total. The first-order valence-corrected chi connectivity index (χ1v) is 7.55. The van der Waals surface area contributed by atoms with Crippen molar-refractivity contribution in [3.05, 3.63) is 21.9 Å². The molecule has 1 aliphatic heterocycles. The van der Waals surface area contributed by atoms with Crippen molar-refractivity contribution in [1.82, 2.24) is 9.80 Å². The number of aryl methyl sites for hydroxylation is 1. The molecule has 0 atom stereocenters. The summed E-state index contributed by atoms with van der Waals surface area (Å²) in [7, 11) is 0. The molecule has 0 spiro atoms. The lowest BCUT2D eigenvalue weighted by Gasteiger charge is -2.36. The fourth-order valence-electron chi connectivity index (χ4n) is 2.28. The molecule has 0 radical (unpaired) electrons. The average molecular weight is 266 g/mol. The van der Waals surface area contributed by atoms with Gasteiger partial charge in [-0.1, -0.05) is 6.92 Å². The Hall–Kier alpha value is -0.870. The second-order valence-electron chi connectivity index (χ2n) is 5.04. The van der Waals surface area contributed by atoms with Gasteiger partial charge >= 0.3 is 0 Å². The Morgan fingerprint density at radius 3 is 2.44 bits per heavy atom. The lowest BCUT2D eigenvalue weighted by atomic mass is 10.2. The predicted molar refractivity (Wildman–Crippen MR) is 76.3 cm³/mol. The van der Waals surface area contributed by atoms with Gasteiger partial charge in [0.25, 0.3) is 5.91 Å². The lowest BCUT2D eigenvalue weighted by molar-refractivity contribution is 0.0600. The number of piperazine rings is 1. The van der Waals surface area contributed by atoms with Crippen LogP contribution in [0.15, 0.2) is 12.1 Å². The first-order valence-electron chi connectivity index (χ1n) is 6.74. The van der Waals surface area contributed by atoms with Gasteiger partial charge in [-0.25, -0.2) is 0 Å². The van der Waals surface area contributed by atoms with Crippen LogP contribution < -0.4 is 0 Å². The number of amides is 1. The molecule has 100 valence electrons. The highest BCUT2D eigenvalue weighted by Gasteiger charge is 2.23. The number of thiophene rings is 1. The molecule has 0 bridgehead atoms. The highest BCUT2D eigenvalue weighted by atomic mass is 32.1. The van der Waals surface area contributed by atoms with E-state index in [9.17, 15) is 4.79 Å². The van der Waals surface area contributed by atoms with Crippen molar-refractivity contribution in [1.29, 1.82) is 0 Å². The summed E-state index contributed by atoms with van der Waals surface area (Å²) in [6.07, 6.45) is 1.01. The Bertz CT molecular complexity index is 406. The lowest BCUT2D eigenvalue weighted by Crippen LogP contribution is -2.50. The molecule has 4 heteroatoms. The molecule has 2 rings (SSSR count). The second-order valence-corrected chi connectivity index (χ2v) is 6.21. The third kappa shape index (κ3) is 2.93. The van der Waals surface area contributed by atoms with Crippen LogP contribution in [-0.4, -0.2) is 47.9 Å². The highest BCUT2D eigenvalue weighted by molar-refractivity contribution is 7.14. The molecule has 2 heterocycles. The van der Waals surface area contributed by atoms with E-state index in [1.807, 2.05) is 11.0 Å². The van der Waals surface area contributed by atoms with Gasteiger partial charge < -0.3 is 4.90 Å². The summed E-state index contributed by atoms with van der Waals surface area (Å²) < 4.78 is 0. The third-order valence-corrected chi connectivity index (χ3v) is 4.77. The van der Waals surface area contributed by atoms with Gasteiger partial charge in [0.15, 0.2) is 0 Å². The van der Waals surface area contributed by atoms with Crippen molar-refractivity contribution < 1.29 is 4.79 Å². The largest absolute Gasteiger partial charge is 0.335 e. The number of carbonyl (C=O) groups is 1. The maximum Gasteiger partial charge on any atom is 0.264 e. The summed E-state index contributed by atoms with van der Waals surface area (Å²) in [6, 6.07) is 4.62. The van der Waals surface area contributed by atoms with E-state index in [1.54, 1.807) is 11.3 Å². The van der Waals surface area contributed by atoms with E-state index in [0.717, 1.165) is 37.5 Å². The molecular weight excluding hydrogens is 244 g/mol. The van der Waals surface area contributed by atoms with Crippen molar-refractivity contribution in [3.63, 3.8) is 0 Å². The minimum absolute atomic E-state index is 0.211. The molecule has 0 saturated carbocycles. The van der Waals surface area contributed by atoms with E-state index in [0.29, 0.717) is 6.04 Å². The quantitative estimate of drug-likeness (QED) is 0.839. The van der Waals surface area contributed by atoms with Gasteiger partial charge in [0.05, 0.1) is 4.88 Å². The Kier molecular flexibility index (Phi) is 4.40. The normalized spacial score (nSPS) is 17.4. The molecule has 1 aromatic heterocycles. The van der Waals surface area contributed by atoms with Crippen molar-refractivity contribution in [2.45, 2.75) is 33.2 Å². The molecule has 18 heavy (non-hydrogen) atoms. The number of hydrogen-bond donors (Lipinski definition) is 0.